The first kappa shape index (κ1) is 15.5. The van der Waals surface area contributed by atoms with E-state index in [1.165, 1.54) is 30.8 Å². The van der Waals surface area contributed by atoms with E-state index in [-0.39, 0.29) is 0 Å². The van der Waals surface area contributed by atoms with Gasteiger partial charge in [0.05, 0.1) is 10.7 Å². The molecule has 0 amide bonds. The molecule has 0 saturated carbocycles. The molecule has 0 spiro atoms. The van der Waals surface area contributed by atoms with E-state index in [2.05, 4.69) is 83.6 Å². The van der Waals surface area contributed by atoms with Crippen LogP contribution in [0, 0.1) is 0 Å². The summed E-state index contributed by atoms with van der Waals surface area (Å²) in [6.07, 6.45) is 7.67. The van der Waals surface area contributed by atoms with Crippen LogP contribution in [0.5, 0.6) is 0 Å². The zero-order valence-electron chi connectivity index (χ0n) is 13.5. The Labute approximate surface area is 150 Å². The number of hydrogen-bond donors (Lipinski definition) is 1. The minimum atomic E-state index is 1.05. The largest absolute Gasteiger partial charge is 0.349 e. The lowest BCUT2D eigenvalue weighted by Crippen LogP contribution is -2.34. The smallest absolute Gasteiger partial charge is 0.262 e. The summed E-state index contributed by atoms with van der Waals surface area (Å²) in [5, 5.41) is 5.93. The number of anilines is 1. The fourth-order valence-electron chi connectivity index (χ4n) is 2.86. The van der Waals surface area contributed by atoms with Crippen LogP contribution in [0.25, 0.3) is 16.3 Å². The van der Waals surface area contributed by atoms with Crippen LogP contribution in [0.4, 0.5) is 5.69 Å². The number of fused-ring (bicyclic) bond motifs is 2. The van der Waals surface area contributed by atoms with Crippen molar-refractivity contribution in [3.8, 4) is 0 Å². The third-order valence-electron chi connectivity index (χ3n) is 3.94. The first-order valence-corrected chi connectivity index (χ1v) is 9.82. The SMILES string of the molecule is CCC[n+]1c(C=CC=C2Nc3ccccc3S2)sc2ccccc21. The van der Waals surface area contributed by atoms with Crippen LogP contribution in [0.3, 0.4) is 0 Å². The second-order valence-corrected chi connectivity index (χ2v) is 7.82. The quantitative estimate of drug-likeness (QED) is 0.609. The van der Waals surface area contributed by atoms with Crippen LogP contribution in [-0.4, -0.2) is 0 Å². The summed E-state index contributed by atoms with van der Waals surface area (Å²) < 4.78 is 3.76. The molecule has 1 aromatic heterocycles. The molecule has 1 aliphatic heterocycles. The topological polar surface area (TPSA) is 15.9 Å². The molecule has 0 bridgehead atoms. The molecule has 0 saturated heterocycles. The van der Waals surface area contributed by atoms with Gasteiger partial charge in [0, 0.05) is 23.5 Å². The number of hydrogen-bond acceptors (Lipinski definition) is 3. The highest BCUT2D eigenvalue weighted by Gasteiger charge is 2.17. The molecule has 1 aliphatic rings. The Bertz CT molecular complexity index is 911. The van der Waals surface area contributed by atoms with Crippen LogP contribution in [0.2, 0.25) is 0 Å². The second kappa shape index (κ2) is 6.83. The predicted octanol–water partition coefficient (Wildman–Crippen LogP) is 5.67. The summed E-state index contributed by atoms with van der Waals surface area (Å²) in [5.74, 6) is 0. The highest BCUT2D eigenvalue weighted by atomic mass is 32.2. The van der Waals surface area contributed by atoms with Crippen LogP contribution < -0.4 is 9.88 Å². The summed E-state index contributed by atoms with van der Waals surface area (Å²) in [6.45, 7) is 3.28. The van der Waals surface area contributed by atoms with Gasteiger partial charge >= 0.3 is 0 Å². The number of aromatic nitrogens is 1. The predicted molar refractivity (Wildman–Crippen MR) is 105 cm³/mol. The van der Waals surface area contributed by atoms with E-state index < -0.39 is 0 Å². The minimum absolute atomic E-state index is 1.05. The van der Waals surface area contributed by atoms with Crippen molar-refractivity contribution in [1.82, 2.24) is 0 Å². The number of thiazole rings is 1. The molecule has 0 fully saturated rings. The van der Waals surface area contributed by atoms with Crippen LogP contribution in [0.1, 0.15) is 18.4 Å². The maximum atomic E-state index is 3.46. The average molecular weight is 352 g/mol. The Balaban J connectivity index is 1.59. The number of thioether (sulfide) groups is 1. The van der Waals surface area contributed by atoms with Gasteiger partial charge in [0.15, 0.2) is 0 Å². The number of para-hydroxylation sites is 2. The van der Waals surface area contributed by atoms with Gasteiger partial charge in [-0.3, -0.25) is 0 Å². The van der Waals surface area contributed by atoms with E-state index >= 15 is 0 Å². The fraction of sp³-hybridized carbons (Fsp3) is 0.150. The van der Waals surface area contributed by atoms with Crippen molar-refractivity contribution in [3.05, 3.63) is 70.7 Å². The molecule has 2 heterocycles. The van der Waals surface area contributed by atoms with E-state index in [0.29, 0.717) is 0 Å². The molecule has 4 rings (SSSR count). The van der Waals surface area contributed by atoms with Gasteiger partial charge in [0.2, 0.25) is 5.52 Å². The van der Waals surface area contributed by atoms with Crippen LogP contribution in [0.15, 0.2) is 70.6 Å². The molecular weight excluding hydrogens is 332 g/mol. The van der Waals surface area contributed by atoms with Crippen molar-refractivity contribution < 1.29 is 4.57 Å². The van der Waals surface area contributed by atoms with Gasteiger partial charge in [-0.15, -0.1) is 0 Å². The van der Waals surface area contributed by atoms with E-state index in [9.17, 15) is 0 Å². The van der Waals surface area contributed by atoms with Gasteiger partial charge < -0.3 is 5.32 Å². The molecule has 24 heavy (non-hydrogen) atoms. The molecule has 0 aliphatic carbocycles. The fourth-order valence-corrected chi connectivity index (χ4v) is 4.88. The van der Waals surface area contributed by atoms with Crippen LogP contribution in [-0.2, 0) is 6.54 Å². The molecular formula is C20H19N2S2+. The maximum absolute atomic E-state index is 3.46. The third-order valence-corrected chi connectivity index (χ3v) is 6.10. The lowest BCUT2D eigenvalue weighted by atomic mass is 10.3. The first-order chi connectivity index (χ1) is 11.8. The van der Waals surface area contributed by atoms with Crippen molar-refractivity contribution in [3.63, 3.8) is 0 Å². The summed E-state index contributed by atoms with van der Waals surface area (Å²) in [7, 11) is 0. The van der Waals surface area contributed by atoms with Crippen molar-refractivity contribution in [2.45, 2.75) is 24.8 Å². The Hall–Kier alpha value is -2.04. The van der Waals surface area contributed by atoms with Crippen molar-refractivity contribution in [1.29, 1.82) is 0 Å². The molecule has 3 aromatic rings. The van der Waals surface area contributed by atoms with Crippen molar-refractivity contribution in [2.75, 3.05) is 5.32 Å². The van der Waals surface area contributed by atoms with Gasteiger partial charge in [0.1, 0.15) is 11.2 Å². The van der Waals surface area contributed by atoms with E-state index in [1.54, 1.807) is 11.8 Å². The summed E-state index contributed by atoms with van der Waals surface area (Å²) in [6, 6.07) is 17.1. The van der Waals surface area contributed by atoms with Crippen LogP contribution >= 0.6 is 23.1 Å². The van der Waals surface area contributed by atoms with E-state index in [4.69, 9.17) is 0 Å². The van der Waals surface area contributed by atoms with E-state index in [0.717, 1.165) is 13.0 Å². The lowest BCUT2D eigenvalue weighted by molar-refractivity contribution is -0.668. The van der Waals surface area contributed by atoms with Crippen molar-refractivity contribution in [2.24, 2.45) is 0 Å². The molecule has 1 N–H and O–H groups in total. The Morgan fingerprint density at radius 3 is 2.79 bits per heavy atom. The van der Waals surface area contributed by atoms with E-state index in [1.807, 2.05) is 11.3 Å². The van der Waals surface area contributed by atoms with Crippen molar-refractivity contribution >= 4 is 45.1 Å². The number of allylic oxidation sites excluding steroid dienone is 2. The number of nitrogens with one attached hydrogen (secondary N) is 1. The molecule has 2 nitrogen and oxygen atoms in total. The Kier molecular flexibility index (Phi) is 4.41. The highest BCUT2D eigenvalue weighted by Crippen LogP contribution is 2.40. The maximum Gasteiger partial charge on any atom is 0.262 e. The third kappa shape index (κ3) is 2.99. The standard InChI is InChI=1S/C20H18N2S2/c1-2-14-22-16-9-4-6-11-18(16)24-20(22)13-7-12-19-21-15-8-3-5-10-17(15)23-19/h3-13H,2,14H2,1H3/p+1. The average Bonchev–Trinajstić information content (AvgIpc) is 3.17. The summed E-state index contributed by atoms with van der Waals surface area (Å²) in [4.78, 5) is 1.29. The molecule has 0 radical (unpaired) electrons. The molecule has 2 aromatic carbocycles. The normalized spacial score (nSPS) is 15.3. The number of rotatable bonds is 4. The number of benzene rings is 2. The van der Waals surface area contributed by atoms with Gasteiger partial charge in [-0.2, -0.15) is 4.57 Å². The lowest BCUT2D eigenvalue weighted by Gasteiger charge is -1.95. The number of nitrogens with zero attached hydrogens (tertiary/aromatic N) is 1. The summed E-state index contributed by atoms with van der Waals surface area (Å²) >= 11 is 3.64. The first-order valence-electron chi connectivity index (χ1n) is 8.19. The zero-order valence-corrected chi connectivity index (χ0v) is 15.2. The zero-order chi connectivity index (χ0) is 16.4. The summed E-state index contributed by atoms with van der Waals surface area (Å²) in [5.41, 5.74) is 2.53. The second-order valence-electron chi connectivity index (χ2n) is 5.67. The highest BCUT2D eigenvalue weighted by molar-refractivity contribution is 8.03. The number of aryl methyl sites for hydroxylation is 1. The minimum Gasteiger partial charge on any atom is -0.349 e. The molecule has 0 atom stereocenters. The van der Waals surface area contributed by atoms with Gasteiger partial charge in [-0.05, 0) is 24.3 Å². The monoisotopic (exact) mass is 351 g/mol. The Morgan fingerprint density at radius 1 is 1.08 bits per heavy atom. The van der Waals surface area contributed by atoms with Gasteiger partial charge in [0.25, 0.3) is 5.01 Å². The van der Waals surface area contributed by atoms with Gasteiger partial charge in [-0.1, -0.05) is 60.4 Å². The Morgan fingerprint density at radius 2 is 1.92 bits per heavy atom. The molecule has 120 valence electrons. The van der Waals surface area contributed by atoms with Gasteiger partial charge in [-0.25, -0.2) is 0 Å². The molecule has 0 unspecified atom stereocenters. The molecule has 4 heteroatoms.